The van der Waals surface area contributed by atoms with Crippen LogP contribution in [-0.4, -0.2) is 27.4 Å². The van der Waals surface area contributed by atoms with Crippen molar-refractivity contribution in [3.8, 4) is 11.4 Å². The predicted molar refractivity (Wildman–Crippen MR) is 114 cm³/mol. The Morgan fingerprint density at radius 1 is 1.20 bits per heavy atom. The maximum absolute atomic E-state index is 12.9. The van der Waals surface area contributed by atoms with Gasteiger partial charge in [-0.1, -0.05) is 12.1 Å². The Balaban J connectivity index is 1.47. The number of anilines is 1. The lowest BCUT2D eigenvalue weighted by atomic mass is 10.2. The second-order valence-electron chi connectivity index (χ2n) is 6.85. The summed E-state index contributed by atoms with van der Waals surface area (Å²) in [5.41, 5.74) is 3.82. The molecule has 1 aliphatic heterocycles. The van der Waals surface area contributed by atoms with Crippen LogP contribution in [0.25, 0.3) is 16.8 Å². The van der Waals surface area contributed by atoms with E-state index in [1.807, 2.05) is 24.3 Å². The van der Waals surface area contributed by atoms with E-state index in [-0.39, 0.29) is 12.5 Å². The van der Waals surface area contributed by atoms with Crippen molar-refractivity contribution in [2.75, 3.05) is 12.4 Å². The third kappa shape index (κ3) is 3.17. The standard InChI is InChI=1S/C21H18N4O4S/c1-28-14-8-6-13(7-9-14)25-20(15-11-30-12-16(15)23-25)22-19(26)10-24-17-4-2-3-5-18(17)29-21(24)27/h2-9H,10-12H2,1H3,(H,22,26). The Labute approximate surface area is 175 Å². The Kier molecular flexibility index (Phi) is 4.59. The molecule has 1 amide bonds. The molecule has 5 rings (SSSR count). The zero-order valence-electron chi connectivity index (χ0n) is 16.1. The maximum atomic E-state index is 12.9. The van der Waals surface area contributed by atoms with Gasteiger partial charge < -0.3 is 14.5 Å². The highest BCUT2D eigenvalue weighted by atomic mass is 32.2. The van der Waals surface area contributed by atoms with Gasteiger partial charge in [-0.2, -0.15) is 16.9 Å². The third-order valence-corrected chi connectivity index (χ3v) is 5.97. The van der Waals surface area contributed by atoms with Gasteiger partial charge in [-0.15, -0.1) is 0 Å². The van der Waals surface area contributed by atoms with Gasteiger partial charge in [-0.25, -0.2) is 9.48 Å². The zero-order valence-corrected chi connectivity index (χ0v) is 16.9. The van der Waals surface area contributed by atoms with E-state index >= 15 is 0 Å². The SMILES string of the molecule is COc1ccc(-n2nc3c(c2NC(=O)Cn2c(=O)oc4ccccc42)CSC3)cc1. The second-order valence-corrected chi connectivity index (χ2v) is 7.83. The van der Waals surface area contributed by atoms with Gasteiger partial charge in [0.2, 0.25) is 5.91 Å². The Bertz CT molecular complexity index is 1300. The van der Waals surface area contributed by atoms with Crippen LogP contribution >= 0.6 is 11.8 Å². The predicted octanol–water partition coefficient (Wildman–Crippen LogP) is 3.17. The molecule has 8 nitrogen and oxygen atoms in total. The highest BCUT2D eigenvalue weighted by molar-refractivity contribution is 7.98. The number of hydrogen-bond acceptors (Lipinski definition) is 6. The molecule has 4 aromatic rings. The summed E-state index contributed by atoms with van der Waals surface area (Å²) < 4.78 is 13.5. The molecular weight excluding hydrogens is 404 g/mol. The first kappa shape index (κ1) is 18.6. The zero-order chi connectivity index (χ0) is 20.7. The van der Waals surface area contributed by atoms with Gasteiger partial charge in [0.05, 0.1) is 24.0 Å². The van der Waals surface area contributed by atoms with Crippen LogP contribution in [0, 0.1) is 0 Å². The molecule has 0 saturated heterocycles. The minimum absolute atomic E-state index is 0.147. The first-order chi connectivity index (χ1) is 14.6. The van der Waals surface area contributed by atoms with Crippen molar-refractivity contribution < 1.29 is 13.9 Å². The highest BCUT2D eigenvalue weighted by Crippen LogP contribution is 2.36. The number of ether oxygens (including phenoxy) is 1. The Morgan fingerprint density at radius 2 is 2.00 bits per heavy atom. The molecule has 152 valence electrons. The Hall–Kier alpha value is -3.46. The summed E-state index contributed by atoms with van der Waals surface area (Å²) in [5.74, 6) is 2.06. The van der Waals surface area contributed by atoms with Gasteiger partial charge in [-0.3, -0.25) is 9.36 Å². The number of nitrogens with one attached hydrogen (secondary N) is 1. The number of fused-ring (bicyclic) bond motifs is 2. The molecular formula is C21H18N4O4S. The number of aromatic nitrogens is 3. The minimum atomic E-state index is -0.559. The van der Waals surface area contributed by atoms with Gasteiger partial charge in [0.1, 0.15) is 18.1 Å². The van der Waals surface area contributed by atoms with Crippen LogP contribution in [0.3, 0.4) is 0 Å². The van der Waals surface area contributed by atoms with E-state index in [4.69, 9.17) is 9.15 Å². The largest absolute Gasteiger partial charge is 0.497 e. The van der Waals surface area contributed by atoms with Crippen molar-refractivity contribution in [1.29, 1.82) is 0 Å². The minimum Gasteiger partial charge on any atom is -0.497 e. The van der Waals surface area contributed by atoms with Gasteiger partial charge in [0, 0.05) is 17.1 Å². The van der Waals surface area contributed by atoms with Crippen molar-refractivity contribution >= 4 is 34.6 Å². The number of oxazole rings is 1. The normalized spacial score (nSPS) is 12.8. The van der Waals surface area contributed by atoms with Crippen LogP contribution in [0.15, 0.2) is 57.7 Å². The van der Waals surface area contributed by atoms with Crippen molar-refractivity contribution in [2.24, 2.45) is 0 Å². The van der Waals surface area contributed by atoms with Crippen LogP contribution in [-0.2, 0) is 22.8 Å². The summed E-state index contributed by atoms with van der Waals surface area (Å²) in [7, 11) is 1.61. The molecule has 1 aliphatic rings. The van der Waals surface area contributed by atoms with Crippen molar-refractivity contribution in [3.63, 3.8) is 0 Å². The number of methoxy groups -OCH3 is 1. The number of thioether (sulfide) groups is 1. The van der Waals surface area contributed by atoms with E-state index in [1.54, 1.807) is 47.8 Å². The molecule has 0 bridgehead atoms. The summed E-state index contributed by atoms with van der Waals surface area (Å²) in [6, 6.07) is 14.5. The second kappa shape index (κ2) is 7.42. The molecule has 2 aromatic heterocycles. The fourth-order valence-corrected chi connectivity index (χ4v) is 4.57. The summed E-state index contributed by atoms with van der Waals surface area (Å²) in [6.45, 7) is -0.147. The molecule has 30 heavy (non-hydrogen) atoms. The topological polar surface area (TPSA) is 91.3 Å². The molecule has 0 aliphatic carbocycles. The first-order valence-electron chi connectivity index (χ1n) is 9.35. The molecule has 0 saturated carbocycles. The summed E-state index contributed by atoms with van der Waals surface area (Å²) in [4.78, 5) is 25.1. The molecule has 0 unspecified atom stereocenters. The number of nitrogens with zero attached hydrogens (tertiary/aromatic N) is 3. The van der Waals surface area contributed by atoms with E-state index in [0.29, 0.717) is 16.9 Å². The van der Waals surface area contributed by atoms with Gasteiger partial charge >= 0.3 is 5.76 Å². The number of rotatable bonds is 5. The number of amides is 1. The lowest BCUT2D eigenvalue weighted by Crippen LogP contribution is -2.26. The third-order valence-electron chi connectivity index (χ3n) is 5.00. The van der Waals surface area contributed by atoms with E-state index in [9.17, 15) is 9.59 Å². The number of carbonyl (C=O) groups is 1. The van der Waals surface area contributed by atoms with Gasteiger partial charge in [-0.05, 0) is 36.4 Å². The molecule has 9 heteroatoms. The van der Waals surface area contributed by atoms with Crippen LogP contribution in [0.2, 0.25) is 0 Å². The van der Waals surface area contributed by atoms with Gasteiger partial charge in [0.25, 0.3) is 0 Å². The molecule has 1 N–H and O–H groups in total. The summed E-state index contributed by atoms with van der Waals surface area (Å²) in [6.07, 6.45) is 0. The molecule has 0 fully saturated rings. The average molecular weight is 422 g/mol. The molecule has 3 heterocycles. The fraction of sp³-hybridized carbons (Fsp3) is 0.190. The average Bonchev–Trinajstić information content (AvgIpc) is 3.43. The molecule has 2 aromatic carbocycles. The fourth-order valence-electron chi connectivity index (χ4n) is 3.53. The monoisotopic (exact) mass is 422 g/mol. The smallest absolute Gasteiger partial charge is 0.420 e. The van der Waals surface area contributed by atoms with E-state index in [0.717, 1.165) is 34.2 Å². The maximum Gasteiger partial charge on any atom is 0.420 e. The number of carbonyl (C=O) groups excluding carboxylic acids is 1. The van der Waals surface area contributed by atoms with Crippen LogP contribution in [0.5, 0.6) is 5.75 Å². The van der Waals surface area contributed by atoms with Crippen LogP contribution < -0.4 is 15.8 Å². The lowest BCUT2D eigenvalue weighted by Gasteiger charge is -2.12. The first-order valence-corrected chi connectivity index (χ1v) is 10.5. The number of hydrogen-bond donors (Lipinski definition) is 1. The van der Waals surface area contributed by atoms with E-state index in [1.165, 1.54) is 4.57 Å². The lowest BCUT2D eigenvalue weighted by molar-refractivity contribution is -0.116. The Morgan fingerprint density at radius 3 is 2.80 bits per heavy atom. The van der Waals surface area contributed by atoms with Crippen LogP contribution in [0.4, 0.5) is 5.82 Å². The van der Waals surface area contributed by atoms with Gasteiger partial charge in [0.15, 0.2) is 5.58 Å². The van der Waals surface area contributed by atoms with Crippen molar-refractivity contribution in [3.05, 3.63) is 70.3 Å². The van der Waals surface area contributed by atoms with E-state index < -0.39 is 5.76 Å². The highest BCUT2D eigenvalue weighted by Gasteiger charge is 2.25. The van der Waals surface area contributed by atoms with E-state index in [2.05, 4.69) is 10.4 Å². The molecule has 0 atom stereocenters. The number of benzene rings is 2. The quantitative estimate of drug-likeness (QED) is 0.531. The summed E-state index contributed by atoms with van der Waals surface area (Å²) >= 11 is 1.75. The molecule has 0 radical (unpaired) electrons. The number of para-hydroxylation sites is 2. The molecule has 0 spiro atoms. The summed E-state index contributed by atoms with van der Waals surface area (Å²) in [5, 5.41) is 7.65. The van der Waals surface area contributed by atoms with Crippen LogP contribution in [0.1, 0.15) is 11.3 Å². The van der Waals surface area contributed by atoms with Crippen molar-refractivity contribution in [1.82, 2.24) is 14.3 Å². The van der Waals surface area contributed by atoms with Crippen molar-refractivity contribution in [2.45, 2.75) is 18.1 Å².